The van der Waals surface area contributed by atoms with Gasteiger partial charge in [0.25, 0.3) is 0 Å². The van der Waals surface area contributed by atoms with Gasteiger partial charge in [0.15, 0.2) is 0 Å². The molecule has 18 aromatic carbocycles. The lowest BCUT2D eigenvalue weighted by Gasteiger charge is -2.18. The highest BCUT2D eigenvalue weighted by atomic mass is 32.1. The lowest BCUT2D eigenvalue weighted by molar-refractivity contribution is 1.37. The average Bonchev–Trinajstić information content (AvgIpc) is 1.44. The summed E-state index contributed by atoms with van der Waals surface area (Å²) in [6.45, 7) is 0. The summed E-state index contributed by atoms with van der Waals surface area (Å²) >= 11 is 1.88. The largest absolute Gasteiger partial charge is 0.247 e. The Balaban J connectivity index is 0.000000136. The first-order valence-electron chi connectivity index (χ1n) is 40.5. The molecule has 119 heavy (non-hydrogen) atoms. The number of aromatic nitrogens is 6. The van der Waals surface area contributed by atoms with Crippen molar-refractivity contribution in [2.75, 3.05) is 0 Å². The molecule has 0 saturated carbocycles. The monoisotopic (exact) mass is 1530 g/mol. The molecule has 0 unspecified atom stereocenters. The van der Waals surface area contributed by atoms with Crippen molar-refractivity contribution in [3.05, 3.63) is 400 Å². The first kappa shape index (κ1) is 67.9. The van der Waals surface area contributed by atoms with Crippen molar-refractivity contribution in [3.63, 3.8) is 0 Å². The van der Waals surface area contributed by atoms with E-state index in [1.807, 2.05) is 23.5 Å². The normalized spacial score (nSPS) is 11.9. The van der Waals surface area contributed by atoms with E-state index in [0.717, 1.165) is 139 Å². The van der Waals surface area contributed by atoms with Crippen molar-refractivity contribution >= 4 is 172 Å². The second kappa shape index (κ2) is 27.6. The van der Waals surface area contributed by atoms with Crippen LogP contribution in [0.15, 0.2) is 400 Å². The van der Waals surface area contributed by atoms with Crippen molar-refractivity contribution in [3.8, 4) is 89.8 Å². The van der Waals surface area contributed by atoms with Crippen LogP contribution < -0.4 is 0 Å². The molecule has 0 aliphatic rings. The molecule has 0 fully saturated rings. The quantitative estimate of drug-likeness (QED) is 0.111. The number of rotatable bonds is 8. The number of hydrogen-bond donors (Lipinski definition) is 0. The Morgan fingerprint density at radius 1 is 0.160 bits per heavy atom. The maximum Gasteiger partial charge on any atom is 0.0972 e. The average molecular weight is 1530 g/mol. The second-order valence-corrected chi connectivity index (χ2v) is 32.0. The van der Waals surface area contributed by atoms with Gasteiger partial charge in [-0.3, -0.25) is 0 Å². The molecule has 6 nitrogen and oxygen atoms in total. The minimum Gasteiger partial charge on any atom is -0.247 e. The van der Waals surface area contributed by atoms with Crippen LogP contribution in [0.2, 0.25) is 0 Å². The molecule has 0 radical (unpaired) electrons. The van der Waals surface area contributed by atoms with Gasteiger partial charge in [0.2, 0.25) is 0 Å². The van der Waals surface area contributed by atoms with Gasteiger partial charge in [0, 0.05) is 107 Å². The van der Waals surface area contributed by atoms with Crippen molar-refractivity contribution in [2.24, 2.45) is 0 Å². The maximum absolute atomic E-state index is 5.47. The molecule has 7 heteroatoms. The zero-order valence-electron chi connectivity index (χ0n) is 64.2. The molecule has 550 valence electrons. The topological polar surface area (TPSA) is 77.3 Å². The number of para-hydroxylation sites is 2. The van der Waals surface area contributed by atoms with Gasteiger partial charge in [-0.1, -0.05) is 358 Å². The highest BCUT2D eigenvalue weighted by Crippen LogP contribution is 2.49. The van der Waals surface area contributed by atoms with Crippen LogP contribution in [0.3, 0.4) is 0 Å². The van der Waals surface area contributed by atoms with Crippen molar-refractivity contribution < 1.29 is 0 Å². The third kappa shape index (κ3) is 11.2. The molecule has 0 N–H and O–H groups in total. The number of hydrogen-bond acceptors (Lipinski definition) is 7. The fourth-order valence-electron chi connectivity index (χ4n) is 18.8. The fraction of sp³-hybridized carbons (Fsp3) is 0. The first-order chi connectivity index (χ1) is 59.0. The Morgan fingerprint density at radius 2 is 0.462 bits per heavy atom. The Labute approximate surface area is 687 Å². The van der Waals surface area contributed by atoms with E-state index in [-0.39, 0.29) is 0 Å². The lowest BCUT2D eigenvalue weighted by atomic mass is 9.86. The number of fused-ring (bicyclic) bond motifs is 22. The Kier molecular flexibility index (Phi) is 15.8. The molecule has 0 aliphatic carbocycles. The van der Waals surface area contributed by atoms with E-state index >= 15 is 0 Å². The van der Waals surface area contributed by atoms with Gasteiger partial charge in [-0.25, -0.2) is 29.9 Å². The zero-order chi connectivity index (χ0) is 78.2. The third-order valence-corrected chi connectivity index (χ3v) is 25.4. The molecule has 7 aromatic heterocycles. The highest BCUT2D eigenvalue weighted by Gasteiger charge is 2.24. The number of pyridine rings is 6. The molecule has 0 saturated heterocycles. The van der Waals surface area contributed by atoms with Gasteiger partial charge in [-0.15, -0.1) is 11.3 Å². The number of nitrogens with zero attached hydrogens (tertiary/aromatic N) is 6. The second-order valence-electron chi connectivity index (χ2n) is 30.9. The summed E-state index contributed by atoms with van der Waals surface area (Å²) in [4.78, 5) is 31.9. The molecule has 0 aliphatic heterocycles. The summed E-state index contributed by atoms with van der Waals surface area (Å²) < 4.78 is 2.62. The molecule has 0 atom stereocenters. The van der Waals surface area contributed by atoms with Crippen molar-refractivity contribution in [1.29, 1.82) is 0 Å². The minimum absolute atomic E-state index is 0.906. The van der Waals surface area contributed by atoms with E-state index < -0.39 is 0 Å². The Bertz CT molecular complexity index is 8410. The van der Waals surface area contributed by atoms with Crippen LogP contribution in [-0.4, -0.2) is 29.9 Å². The van der Waals surface area contributed by atoms with E-state index in [1.54, 1.807) is 0 Å². The molecule has 7 heterocycles. The minimum atomic E-state index is 0.906. The highest BCUT2D eigenvalue weighted by molar-refractivity contribution is 7.26. The van der Waals surface area contributed by atoms with E-state index in [2.05, 4.69) is 388 Å². The SMILES string of the molecule is c1ccc(-c2ccc3ccc4ccc(-c5c6ccccc6c(-c6ccc(-c7nc8ccccc8c8c7ccc7c9ccccc9sc78)cc6)c6ccccc56)nc4c3n2)cc1.c1ccc(-c2ccc3ccc4ccc(-c5c6ccccc6c(-c6ccc(-c7nc8ccccc8c8c7ccc7ccccc78)cc6)c6ccccc56)nc4c3n2)cc1. The third-order valence-electron chi connectivity index (χ3n) is 24.2. The molecule has 0 spiro atoms. The number of thiophene rings is 1. The predicted octanol–water partition coefficient (Wildman–Crippen LogP) is 30.4. The maximum atomic E-state index is 5.47. The Hall–Kier alpha value is -15.5. The van der Waals surface area contributed by atoms with Gasteiger partial charge < -0.3 is 0 Å². The van der Waals surface area contributed by atoms with Crippen LogP contribution in [0, 0.1) is 0 Å². The molecule has 0 bridgehead atoms. The van der Waals surface area contributed by atoms with Crippen molar-refractivity contribution in [2.45, 2.75) is 0 Å². The van der Waals surface area contributed by atoms with Gasteiger partial charge >= 0.3 is 0 Å². The van der Waals surface area contributed by atoms with E-state index in [4.69, 9.17) is 29.9 Å². The summed E-state index contributed by atoms with van der Waals surface area (Å²) in [5, 5.41) is 26.0. The van der Waals surface area contributed by atoms with Crippen LogP contribution in [0.4, 0.5) is 0 Å². The summed E-state index contributed by atoms with van der Waals surface area (Å²) in [6, 6.07) is 143. The zero-order valence-corrected chi connectivity index (χ0v) is 65.0. The molecule has 25 rings (SSSR count). The Morgan fingerprint density at radius 3 is 0.908 bits per heavy atom. The lowest BCUT2D eigenvalue weighted by Crippen LogP contribution is -1.94. The van der Waals surface area contributed by atoms with Gasteiger partial charge in [0.05, 0.1) is 67.3 Å². The molecule has 25 aromatic rings. The van der Waals surface area contributed by atoms with Crippen LogP contribution in [0.25, 0.3) is 251 Å². The molecule has 0 amide bonds. The van der Waals surface area contributed by atoms with Crippen LogP contribution >= 0.6 is 11.3 Å². The molecular weight excluding hydrogens is 1460 g/mol. The van der Waals surface area contributed by atoms with Crippen LogP contribution in [0.5, 0.6) is 0 Å². The van der Waals surface area contributed by atoms with Crippen LogP contribution in [-0.2, 0) is 0 Å². The predicted molar refractivity (Wildman–Crippen MR) is 504 cm³/mol. The summed E-state index contributed by atoms with van der Waals surface area (Å²) in [6.07, 6.45) is 0. The summed E-state index contributed by atoms with van der Waals surface area (Å²) in [5.41, 5.74) is 22.8. The van der Waals surface area contributed by atoms with E-state index in [1.165, 1.54) is 112 Å². The van der Waals surface area contributed by atoms with Gasteiger partial charge in [-0.2, -0.15) is 0 Å². The standard InChI is InChI=1S/C57H33N3S.C55H33N3/c1-2-12-34(13-3-1)47-32-28-37-26-27-38-29-33-49(60-56(38)55(37)58-47)52-42-17-6-4-15-40(42)51(41-16-5-7-18-43(41)52)35-22-24-36(25-23-35)54-46-31-30-44-39-14-9-11-21-50(39)61-57(44)53(46)45-19-8-10-20-48(45)59-54;1-2-13-35(14-3-1)47-32-29-38-26-27-39-30-33-49(58-55(39)54(38)56-47)52-43-18-8-6-16-41(43)50(42-17-7-9-19-44(42)52)36-22-24-37(25-23-36)53-46-31-28-34-12-4-5-15-40(34)51(46)45-20-10-11-21-48(45)57-53/h1-33H;1-33H. The smallest absolute Gasteiger partial charge is 0.0972 e. The number of benzene rings is 18. The van der Waals surface area contributed by atoms with Gasteiger partial charge in [-0.05, 0) is 119 Å². The van der Waals surface area contributed by atoms with Crippen LogP contribution in [0.1, 0.15) is 0 Å². The summed E-state index contributed by atoms with van der Waals surface area (Å²) in [5.74, 6) is 0. The van der Waals surface area contributed by atoms with Crippen molar-refractivity contribution in [1.82, 2.24) is 29.9 Å². The molecular formula is C112H66N6S. The van der Waals surface area contributed by atoms with Gasteiger partial charge in [0.1, 0.15) is 0 Å². The van der Waals surface area contributed by atoms with E-state index in [9.17, 15) is 0 Å². The van der Waals surface area contributed by atoms with E-state index in [0.29, 0.717) is 0 Å². The first-order valence-corrected chi connectivity index (χ1v) is 41.3. The summed E-state index contributed by atoms with van der Waals surface area (Å²) in [7, 11) is 0. The fourth-order valence-corrected chi connectivity index (χ4v) is 20.0.